The Kier molecular flexibility index (Phi) is 5.78. The SMILES string of the molecule is CCCCN1CC(C(=O)NCCc2ccccc2)CC1=O. The van der Waals surface area contributed by atoms with Crippen molar-refractivity contribution in [2.75, 3.05) is 19.6 Å². The molecule has 1 aliphatic rings. The fourth-order valence-electron chi connectivity index (χ4n) is 2.63. The lowest BCUT2D eigenvalue weighted by Gasteiger charge is -2.15. The molecule has 0 aromatic heterocycles. The maximum absolute atomic E-state index is 12.1. The van der Waals surface area contributed by atoms with Crippen molar-refractivity contribution in [3.63, 3.8) is 0 Å². The summed E-state index contributed by atoms with van der Waals surface area (Å²) in [5.41, 5.74) is 1.21. The molecule has 1 aromatic carbocycles. The van der Waals surface area contributed by atoms with Crippen molar-refractivity contribution in [1.82, 2.24) is 10.2 Å². The smallest absolute Gasteiger partial charge is 0.225 e. The van der Waals surface area contributed by atoms with Gasteiger partial charge in [0.15, 0.2) is 0 Å². The molecule has 4 nitrogen and oxygen atoms in total. The summed E-state index contributed by atoms with van der Waals surface area (Å²) < 4.78 is 0. The van der Waals surface area contributed by atoms with Crippen LogP contribution >= 0.6 is 0 Å². The molecule has 4 heteroatoms. The summed E-state index contributed by atoms with van der Waals surface area (Å²) in [7, 11) is 0. The first-order valence-electron chi connectivity index (χ1n) is 7.80. The number of nitrogens with one attached hydrogen (secondary N) is 1. The highest BCUT2D eigenvalue weighted by Crippen LogP contribution is 2.18. The molecule has 21 heavy (non-hydrogen) atoms. The molecule has 0 bridgehead atoms. The third-order valence-corrected chi connectivity index (χ3v) is 3.92. The van der Waals surface area contributed by atoms with E-state index >= 15 is 0 Å². The Morgan fingerprint density at radius 2 is 2.10 bits per heavy atom. The molecule has 2 amide bonds. The van der Waals surface area contributed by atoms with Gasteiger partial charge in [-0.05, 0) is 18.4 Å². The van der Waals surface area contributed by atoms with E-state index in [1.165, 1.54) is 5.56 Å². The van der Waals surface area contributed by atoms with Crippen LogP contribution in [0.5, 0.6) is 0 Å². The molecule has 1 aromatic rings. The zero-order chi connectivity index (χ0) is 15.1. The van der Waals surface area contributed by atoms with E-state index in [4.69, 9.17) is 0 Å². The Hall–Kier alpha value is -1.84. The van der Waals surface area contributed by atoms with Crippen LogP contribution in [0.3, 0.4) is 0 Å². The molecule has 1 unspecified atom stereocenters. The predicted octanol–water partition coefficient (Wildman–Crippen LogP) is 1.99. The maximum Gasteiger partial charge on any atom is 0.225 e. The van der Waals surface area contributed by atoms with Crippen LogP contribution in [0.4, 0.5) is 0 Å². The highest BCUT2D eigenvalue weighted by atomic mass is 16.2. The Labute approximate surface area is 126 Å². The van der Waals surface area contributed by atoms with Crippen LogP contribution in [0.25, 0.3) is 0 Å². The fourth-order valence-corrected chi connectivity index (χ4v) is 2.63. The van der Waals surface area contributed by atoms with Gasteiger partial charge in [0.05, 0.1) is 5.92 Å². The second-order valence-corrected chi connectivity index (χ2v) is 5.62. The van der Waals surface area contributed by atoms with Gasteiger partial charge < -0.3 is 10.2 Å². The largest absolute Gasteiger partial charge is 0.355 e. The Morgan fingerprint density at radius 1 is 1.33 bits per heavy atom. The van der Waals surface area contributed by atoms with Gasteiger partial charge in [-0.25, -0.2) is 0 Å². The van der Waals surface area contributed by atoms with Crippen LogP contribution < -0.4 is 5.32 Å². The van der Waals surface area contributed by atoms with E-state index in [1.807, 2.05) is 23.1 Å². The summed E-state index contributed by atoms with van der Waals surface area (Å²) in [4.78, 5) is 25.8. The molecule has 1 N–H and O–H groups in total. The van der Waals surface area contributed by atoms with Crippen LogP contribution in [0.1, 0.15) is 31.7 Å². The summed E-state index contributed by atoms with van der Waals surface area (Å²) in [5.74, 6) is -0.0462. The number of nitrogens with zero attached hydrogens (tertiary/aromatic N) is 1. The number of amides is 2. The van der Waals surface area contributed by atoms with Gasteiger partial charge in [0.25, 0.3) is 0 Å². The third-order valence-electron chi connectivity index (χ3n) is 3.92. The van der Waals surface area contributed by atoms with Gasteiger partial charge in [0, 0.05) is 26.1 Å². The Bertz CT molecular complexity index is 473. The number of unbranched alkanes of at least 4 members (excludes halogenated alkanes) is 1. The molecule has 0 radical (unpaired) electrons. The molecular weight excluding hydrogens is 264 g/mol. The monoisotopic (exact) mass is 288 g/mol. The number of carbonyl (C=O) groups is 2. The van der Waals surface area contributed by atoms with E-state index in [-0.39, 0.29) is 17.7 Å². The van der Waals surface area contributed by atoms with Crippen LogP contribution in [0.15, 0.2) is 30.3 Å². The normalized spacial score (nSPS) is 18.0. The summed E-state index contributed by atoms with van der Waals surface area (Å²) in [5, 5.41) is 2.95. The zero-order valence-corrected chi connectivity index (χ0v) is 12.7. The van der Waals surface area contributed by atoms with Crippen molar-refractivity contribution >= 4 is 11.8 Å². The lowest BCUT2D eigenvalue weighted by molar-refractivity contribution is -0.129. The van der Waals surface area contributed by atoms with Crippen LogP contribution in [-0.2, 0) is 16.0 Å². The average molecular weight is 288 g/mol. The molecule has 2 rings (SSSR count). The highest BCUT2D eigenvalue weighted by molar-refractivity contribution is 5.89. The first-order chi connectivity index (χ1) is 10.2. The van der Waals surface area contributed by atoms with Gasteiger partial charge in [-0.3, -0.25) is 9.59 Å². The maximum atomic E-state index is 12.1. The van der Waals surface area contributed by atoms with Crippen molar-refractivity contribution in [1.29, 1.82) is 0 Å². The minimum Gasteiger partial charge on any atom is -0.355 e. The lowest BCUT2D eigenvalue weighted by atomic mass is 10.1. The van der Waals surface area contributed by atoms with Crippen molar-refractivity contribution in [2.24, 2.45) is 5.92 Å². The molecule has 0 aliphatic carbocycles. The van der Waals surface area contributed by atoms with Crippen molar-refractivity contribution < 1.29 is 9.59 Å². The molecule has 1 saturated heterocycles. The summed E-state index contributed by atoms with van der Waals surface area (Å²) in [6.07, 6.45) is 3.26. The second kappa shape index (κ2) is 7.81. The van der Waals surface area contributed by atoms with Gasteiger partial charge in [-0.2, -0.15) is 0 Å². The second-order valence-electron chi connectivity index (χ2n) is 5.62. The Morgan fingerprint density at radius 3 is 2.81 bits per heavy atom. The molecule has 1 atom stereocenters. The topological polar surface area (TPSA) is 49.4 Å². The van der Waals surface area contributed by atoms with Crippen molar-refractivity contribution in [3.8, 4) is 0 Å². The third kappa shape index (κ3) is 4.59. The standard InChI is InChI=1S/C17H24N2O2/c1-2-3-11-19-13-15(12-16(19)20)17(21)18-10-9-14-7-5-4-6-8-14/h4-8,15H,2-3,9-13H2,1H3,(H,18,21). The van der Waals surface area contributed by atoms with Gasteiger partial charge in [-0.15, -0.1) is 0 Å². The molecular formula is C17H24N2O2. The van der Waals surface area contributed by atoms with Gasteiger partial charge in [-0.1, -0.05) is 43.7 Å². The number of hydrogen-bond acceptors (Lipinski definition) is 2. The highest BCUT2D eigenvalue weighted by Gasteiger charge is 2.33. The fraction of sp³-hybridized carbons (Fsp3) is 0.529. The van der Waals surface area contributed by atoms with Gasteiger partial charge >= 0.3 is 0 Å². The van der Waals surface area contributed by atoms with E-state index in [9.17, 15) is 9.59 Å². The molecule has 114 valence electrons. The number of carbonyl (C=O) groups excluding carboxylic acids is 2. The molecule has 1 aliphatic heterocycles. The molecule has 1 heterocycles. The predicted molar refractivity (Wildman–Crippen MR) is 82.8 cm³/mol. The minimum absolute atomic E-state index is 0.0123. The zero-order valence-electron chi connectivity index (χ0n) is 12.7. The van der Waals surface area contributed by atoms with Crippen LogP contribution in [0, 0.1) is 5.92 Å². The lowest BCUT2D eigenvalue weighted by Crippen LogP contribution is -2.34. The minimum atomic E-state index is -0.176. The number of likely N-dealkylation sites (tertiary alicyclic amines) is 1. The summed E-state index contributed by atoms with van der Waals surface area (Å²) in [6, 6.07) is 10.1. The first kappa shape index (κ1) is 15.5. The van der Waals surface area contributed by atoms with E-state index in [0.717, 1.165) is 25.8 Å². The van der Waals surface area contributed by atoms with Crippen LogP contribution in [-0.4, -0.2) is 36.3 Å². The van der Waals surface area contributed by atoms with E-state index in [1.54, 1.807) is 0 Å². The number of benzene rings is 1. The van der Waals surface area contributed by atoms with E-state index in [2.05, 4.69) is 24.4 Å². The molecule has 0 saturated carbocycles. The van der Waals surface area contributed by atoms with Crippen LogP contribution in [0.2, 0.25) is 0 Å². The van der Waals surface area contributed by atoms with Gasteiger partial charge in [0.1, 0.15) is 0 Å². The molecule has 1 fully saturated rings. The number of hydrogen-bond donors (Lipinski definition) is 1. The quantitative estimate of drug-likeness (QED) is 0.834. The van der Waals surface area contributed by atoms with Gasteiger partial charge in [0.2, 0.25) is 11.8 Å². The first-order valence-corrected chi connectivity index (χ1v) is 7.80. The van der Waals surface area contributed by atoms with Crippen molar-refractivity contribution in [2.45, 2.75) is 32.6 Å². The Balaban J connectivity index is 1.73. The van der Waals surface area contributed by atoms with Crippen molar-refractivity contribution in [3.05, 3.63) is 35.9 Å². The summed E-state index contributed by atoms with van der Waals surface area (Å²) in [6.45, 7) is 4.09. The average Bonchev–Trinajstić information content (AvgIpc) is 2.87. The molecule has 0 spiro atoms. The number of rotatable bonds is 7. The van der Waals surface area contributed by atoms with E-state index < -0.39 is 0 Å². The summed E-state index contributed by atoms with van der Waals surface area (Å²) >= 11 is 0. The van der Waals surface area contributed by atoms with E-state index in [0.29, 0.717) is 19.5 Å².